The van der Waals surface area contributed by atoms with Crippen molar-refractivity contribution in [2.75, 3.05) is 0 Å². The van der Waals surface area contributed by atoms with Crippen LogP contribution in [0.4, 0.5) is 13.2 Å². The molecule has 0 aliphatic rings. The fourth-order valence-electron chi connectivity index (χ4n) is 0.216. The first-order valence-corrected chi connectivity index (χ1v) is 2.39. The number of hydrogen-bond donors (Lipinski definition) is 0. The van der Waals surface area contributed by atoms with Crippen molar-refractivity contribution in [2.45, 2.75) is 6.18 Å². The van der Waals surface area contributed by atoms with Gasteiger partial charge < -0.3 is 0 Å². The molecule has 4 heteroatoms. The zero-order valence-electron chi connectivity index (χ0n) is 5.15. The van der Waals surface area contributed by atoms with Gasteiger partial charge in [0.1, 0.15) is 5.70 Å². The zero-order chi connectivity index (χ0) is 8.20. The molecule has 0 amide bonds. The van der Waals surface area contributed by atoms with Crippen LogP contribution in [-0.4, -0.2) is 12.4 Å². The Morgan fingerprint density at radius 3 is 2.20 bits per heavy atom. The summed E-state index contributed by atoms with van der Waals surface area (Å²) in [7, 11) is 0. The van der Waals surface area contributed by atoms with Crippen LogP contribution in [0, 0.1) is 0 Å². The first-order chi connectivity index (χ1) is 4.48. The highest BCUT2D eigenvalue weighted by molar-refractivity contribution is 5.71. The first kappa shape index (κ1) is 8.94. The molecule has 0 aromatic carbocycles. The largest absolute Gasteiger partial charge is 0.432 e. The van der Waals surface area contributed by atoms with Gasteiger partial charge in [-0.15, -0.1) is 0 Å². The fourth-order valence-corrected chi connectivity index (χ4v) is 0.216. The van der Waals surface area contributed by atoms with Crippen molar-refractivity contribution in [3.8, 4) is 0 Å². The second-order valence-electron chi connectivity index (χ2n) is 1.46. The minimum Gasteiger partial charge on any atom is -0.252 e. The van der Waals surface area contributed by atoms with Gasteiger partial charge in [0, 0.05) is 6.21 Å². The van der Waals surface area contributed by atoms with Gasteiger partial charge in [-0.1, -0.05) is 19.2 Å². The normalized spacial score (nSPS) is 11.9. The van der Waals surface area contributed by atoms with E-state index in [1.54, 1.807) is 0 Å². The summed E-state index contributed by atoms with van der Waals surface area (Å²) in [6, 6.07) is 0. The highest BCUT2D eigenvalue weighted by Crippen LogP contribution is 2.24. The second-order valence-corrected chi connectivity index (χ2v) is 1.46. The first-order valence-electron chi connectivity index (χ1n) is 2.39. The maximum atomic E-state index is 11.5. The highest BCUT2D eigenvalue weighted by atomic mass is 19.4. The highest BCUT2D eigenvalue weighted by Gasteiger charge is 2.31. The van der Waals surface area contributed by atoms with Crippen molar-refractivity contribution in [1.29, 1.82) is 0 Å². The number of allylic oxidation sites excluding steroid dienone is 2. The summed E-state index contributed by atoms with van der Waals surface area (Å²) in [4.78, 5) is 2.95. The minimum atomic E-state index is -4.43. The number of halogens is 3. The fraction of sp³-hybridized carbons (Fsp3) is 0.167. The molecule has 0 aromatic heterocycles. The van der Waals surface area contributed by atoms with Crippen LogP contribution in [0.2, 0.25) is 0 Å². The average Bonchev–Trinajstić information content (AvgIpc) is 1.80. The number of aliphatic imine (C=N–C) groups is 1. The summed E-state index contributed by atoms with van der Waals surface area (Å²) in [5, 5.41) is 0. The minimum absolute atomic E-state index is 0.940. The standard InChI is InChI=1S/C6H6F3N/c1-3-4-10-5(2)6(7,8)9/h3-4H,1-2H2. The zero-order valence-corrected chi connectivity index (χ0v) is 5.15. The van der Waals surface area contributed by atoms with Crippen LogP contribution in [0.1, 0.15) is 0 Å². The number of alkyl halides is 3. The van der Waals surface area contributed by atoms with Gasteiger partial charge in [0.15, 0.2) is 0 Å². The molecule has 0 bridgehead atoms. The number of hydrogen-bond acceptors (Lipinski definition) is 1. The Hall–Kier alpha value is -1.06. The third-order valence-electron chi connectivity index (χ3n) is 0.663. The molecule has 0 heterocycles. The Balaban J connectivity index is 4.11. The molecular formula is C6H6F3N. The van der Waals surface area contributed by atoms with Crippen LogP contribution in [0.5, 0.6) is 0 Å². The van der Waals surface area contributed by atoms with Crippen molar-refractivity contribution in [3.05, 3.63) is 24.9 Å². The summed E-state index contributed by atoms with van der Waals surface area (Å²) in [5.74, 6) is 0. The second kappa shape index (κ2) is 3.20. The van der Waals surface area contributed by atoms with E-state index < -0.39 is 11.9 Å². The van der Waals surface area contributed by atoms with E-state index >= 15 is 0 Å². The van der Waals surface area contributed by atoms with Gasteiger partial charge in [-0.2, -0.15) is 13.2 Å². The smallest absolute Gasteiger partial charge is 0.252 e. The van der Waals surface area contributed by atoms with E-state index in [0.717, 1.165) is 12.3 Å². The molecule has 56 valence electrons. The van der Waals surface area contributed by atoms with Crippen molar-refractivity contribution < 1.29 is 13.2 Å². The molecule has 0 unspecified atom stereocenters. The molecule has 0 aliphatic heterocycles. The summed E-state index contributed by atoms with van der Waals surface area (Å²) in [5.41, 5.74) is -1.12. The van der Waals surface area contributed by atoms with E-state index in [1.165, 1.54) is 0 Å². The van der Waals surface area contributed by atoms with E-state index in [0.29, 0.717) is 0 Å². The Bertz CT molecular complexity index is 166. The van der Waals surface area contributed by atoms with Gasteiger partial charge >= 0.3 is 6.18 Å². The lowest BCUT2D eigenvalue weighted by Crippen LogP contribution is -2.08. The molecule has 0 atom stereocenters. The van der Waals surface area contributed by atoms with Crippen LogP contribution in [0.25, 0.3) is 0 Å². The maximum absolute atomic E-state index is 11.5. The van der Waals surface area contributed by atoms with E-state index in [-0.39, 0.29) is 0 Å². The molecule has 0 aromatic rings. The van der Waals surface area contributed by atoms with Crippen LogP contribution in [-0.2, 0) is 0 Å². The molecule has 0 spiro atoms. The third-order valence-corrected chi connectivity index (χ3v) is 0.663. The Morgan fingerprint density at radius 1 is 1.40 bits per heavy atom. The molecule has 0 aliphatic carbocycles. The summed E-state index contributed by atoms with van der Waals surface area (Å²) < 4.78 is 34.6. The lowest BCUT2D eigenvalue weighted by molar-refractivity contribution is -0.0918. The van der Waals surface area contributed by atoms with Crippen molar-refractivity contribution in [1.82, 2.24) is 0 Å². The van der Waals surface area contributed by atoms with Gasteiger partial charge in [-0.05, 0) is 0 Å². The molecule has 0 rings (SSSR count). The Kier molecular flexibility index (Phi) is 2.86. The summed E-state index contributed by atoms with van der Waals surface area (Å²) >= 11 is 0. The SMILES string of the molecule is C=CC=NC(=C)C(F)(F)F. The molecule has 0 saturated carbocycles. The van der Waals surface area contributed by atoms with Crippen molar-refractivity contribution in [2.24, 2.45) is 4.99 Å². The quantitative estimate of drug-likeness (QED) is 0.534. The molecule has 1 nitrogen and oxygen atoms in total. The maximum Gasteiger partial charge on any atom is 0.432 e. The lowest BCUT2D eigenvalue weighted by atomic mass is 10.5. The van der Waals surface area contributed by atoms with Gasteiger partial charge in [0.2, 0.25) is 0 Å². The van der Waals surface area contributed by atoms with Crippen LogP contribution in [0.3, 0.4) is 0 Å². The van der Waals surface area contributed by atoms with E-state index in [4.69, 9.17) is 0 Å². The summed E-state index contributed by atoms with van der Waals surface area (Å²) in [6.45, 7) is 5.85. The molecule has 0 radical (unpaired) electrons. The van der Waals surface area contributed by atoms with Crippen LogP contribution < -0.4 is 0 Å². The van der Waals surface area contributed by atoms with E-state index in [9.17, 15) is 13.2 Å². The van der Waals surface area contributed by atoms with Gasteiger partial charge in [0.25, 0.3) is 0 Å². The van der Waals surface area contributed by atoms with Crippen LogP contribution in [0.15, 0.2) is 29.9 Å². The van der Waals surface area contributed by atoms with Gasteiger partial charge in [-0.3, -0.25) is 4.99 Å². The molecule has 0 N–H and O–H groups in total. The van der Waals surface area contributed by atoms with Gasteiger partial charge in [0.05, 0.1) is 0 Å². The van der Waals surface area contributed by atoms with Gasteiger partial charge in [-0.25, -0.2) is 0 Å². The number of nitrogens with zero attached hydrogens (tertiary/aromatic N) is 1. The third kappa shape index (κ3) is 3.06. The Morgan fingerprint density at radius 2 is 1.90 bits per heavy atom. The lowest BCUT2D eigenvalue weighted by Gasteiger charge is -2.02. The van der Waals surface area contributed by atoms with E-state index in [2.05, 4.69) is 18.2 Å². The topological polar surface area (TPSA) is 12.4 Å². The molecular weight excluding hydrogens is 143 g/mol. The number of rotatable bonds is 2. The average molecular weight is 149 g/mol. The van der Waals surface area contributed by atoms with Crippen LogP contribution >= 0.6 is 0 Å². The molecule has 10 heavy (non-hydrogen) atoms. The van der Waals surface area contributed by atoms with Crippen molar-refractivity contribution in [3.63, 3.8) is 0 Å². The predicted octanol–water partition coefficient (Wildman–Crippen LogP) is 2.32. The molecule has 0 saturated heterocycles. The molecule has 0 fully saturated rings. The Labute approximate surface area is 56.6 Å². The monoisotopic (exact) mass is 149 g/mol. The van der Waals surface area contributed by atoms with E-state index in [1.807, 2.05) is 0 Å². The predicted molar refractivity (Wildman–Crippen MR) is 33.9 cm³/mol. The van der Waals surface area contributed by atoms with Crippen molar-refractivity contribution >= 4 is 6.21 Å². The summed E-state index contributed by atoms with van der Waals surface area (Å²) in [6.07, 6.45) is -2.34.